The number of rotatable bonds is 4. The summed E-state index contributed by atoms with van der Waals surface area (Å²) in [5.74, 6) is 0.240. The molecule has 8 nitrogen and oxygen atoms in total. The maximum absolute atomic E-state index is 12.2. The molecule has 8 heteroatoms. The van der Waals surface area contributed by atoms with Crippen LogP contribution in [0.5, 0.6) is 0 Å². The largest absolute Gasteiger partial charge is 0.349 e. The van der Waals surface area contributed by atoms with Gasteiger partial charge in [0, 0.05) is 17.0 Å². The number of hydrogen-bond donors (Lipinski definition) is 3. The van der Waals surface area contributed by atoms with Gasteiger partial charge in [-0.25, -0.2) is 4.79 Å². The number of H-pyrrole nitrogens is 2. The average molecular weight is 492 g/mol. The summed E-state index contributed by atoms with van der Waals surface area (Å²) in [7, 11) is 1.50. The van der Waals surface area contributed by atoms with Crippen molar-refractivity contribution in [3.8, 4) is 5.69 Å². The molecule has 36 heavy (non-hydrogen) atoms. The number of pyridine rings is 1. The molecule has 2 aromatic heterocycles. The maximum atomic E-state index is 12.2. The lowest BCUT2D eigenvalue weighted by molar-refractivity contribution is 0.726. The van der Waals surface area contributed by atoms with Crippen LogP contribution < -0.4 is 22.5 Å². The second kappa shape index (κ2) is 12.3. The Morgan fingerprint density at radius 3 is 2.11 bits per heavy atom. The summed E-state index contributed by atoms with van der Waals surface area (Å²) in [5.41, 5.74) is 10.5. The van der Waals surface area contributed by atoms with E-state index in [4.69, 9.17) is 0 Å². The monoisotopic (exact) mass is 491 g/mol. The second-order valence-corrected chi connectivity index (χ2v) is 8.61. The summed E-state index contributed by atoms with van der Waals surface area (Å²) < 4.78 is 1.22. The van der Waals surface area contributed by atoms with Gasteiger partial charge in [0.1, 0.15) is 5.69 Å². The van der Waals surface area contributed by atoms with Crippen molar-refractivity contribution in [1.82, 2.24) is 19.7 Å². The molecule has 0 bridgehead atoms. The Bertz CT molecular complexity index is 1500. The van der Waals surface area contributed by atoms with E-state index in [-0.39, 0.29) is 17.2 Å². The Balaban J connectivity index is 0.00000109. The normalized spacial score (nSPS) is 10.5. The fraction of sp³-hybridized carbons (Fsp3) is 0.357. The minimum absolute atomic E-state index is 0.0856. The molecular formula is C28H37N5O3. The number of aryl methyl sites for hydroxylation is 3. The molecule has 0 fully saturated rings. The van der Waals surface area contributed by atoms with E-state index in [0.29, 0.717) is 5.69 Å². The lowest BCUT2D eigenvalue weighted by Gasteiger charge is -2.15. The van der Waals surface area contributed by atoms with Crippen LogP contribution in [-0.2, 0) is 6.42 Å². The van der Waals surface area contributed by atoms with Crippen molar-refractivity contribution in [2.75, 3.05) is 7.05 Å². The highest BCUT2D eigenvalue weighted by atomic mass is 16.2. The predicted octanol–water partition coefficient (Wildman–Crippen LogP) is 4.00. The zero-order valence-electron chi connectivity index (χ0n) is 22.4. The van der Waals surface area contributed by atoms with Gasteiger partial charge in [-0.15, -0.1) is 0 Å². The van der Waals surface area contributed by atoms with Crippen LogP contribution in [0.4, 0.5) is 0 Å². The molecule has 4 N–H and O–H groups in total. The van der Waals surface area contributed by atoms with E-state index in [1.807, 2.05) is 52.0 Å². The van der Waals surface area contributed by atoms with Crippen molar-refractivity contribution < 1.29 is 0 Å². The van der Waals surface area contributed by atoms with E-state index in [9.17, 15) is 14.4 Å². The summed E-state index contributed by atoms with van der Waals surface area (Å²) in [6.45, 7) is 13.8. The molecule has 0 aliphatic rings. The first-order chi connectivity index (χ1) is 17.1. The Kier molecular flexibility index (Phi) is 9.69. The molecule has 2 aromatic carbocycles. The van der Waals surface area contributed by atoms with E-state index in [1.165, 1.54) is 11.7 Å². The van der Waals surface area contributed by atoms with E-state index < -0.39 is 11.2 Å². The Hall–Kier alpha value is -3.78. The third-order valence-corrected chi connectivity index (χ3v) is 5.86. The van der Waals surface area contributed by atoms with Crippen molar-refractivity contribution in [3.05, 3.63) is 101 Å². The van der Waals surface area contributed by atoms with Crippen LogP contribution in [0.2, 0.25) is 0 Å². The van der Waals surface area contributed by atoms with Crippen molar-refractivity contribution in [2.45, 2.75) is 60.8 Å². The van der Waals surface area contributed by atoms with Gasteiger partial charge in [0.05, 0.1) is 5.69 Å². The fourth-order valence-corrected chi connectivity index (χ4v) is 4.15. The number of hydrogen-bond acceptors (Lipinski definition) is 5. The molecule has 0 saturated heterocycles. The molecule has 4 rings (SSSR count). The molecule has 0 spiro atoms. The van der Waals surface area contributed by atoms with Gasteiger partial charge in [-0.2, -0.15) is 9.78 Å². The SMILES string of the molecule is CC.CN.Cc1cc(-n2nc(C)c(=O)[nH]c2=O)cc(C)c1Cc1ccc2[nH]c(=O)cc(C(C)C)c2c1. The maximum Gasteiger partial charge on any atom is 0.349 e. The van der Waals surface area contributed by atoms with Gasteiger partial charge < -0.3 is 10.7 Å². The van der Waals surface area contributed by atoms with E-state index in [0.717, 1.165) is 45.1 Å². The summed E-state index contributed by atoms with van der Waals surface area (Å²) >= 11 is 0. The van der Waals surface area contributed by atoms with Gasteiger partial charge in [-0.05, 0) is 92.2 Å². The summed E-state index contributed by atoms with van der Waals surface area (Å²) in [6, 6.07) is 11.6. The third-order valence-electron chi connectivity index (χ3n) is 5.86. The minimum Gasteiger partial charge on any atom is -0.333 e. The first kappa shape index (κ1) is 28.5. The highest BCUT2D eigenvalue weighted by Crippen LogP contribution is 2.26. The zero-order chi connectivity index (χ0) is 27.2. The number of nitrogens with two attached hydrogens (primary N) is 1. The van der Waals surface area contributed by atoms with Crippen molar-refractivity contribution in [3.63, 3.8) is 0 Å². The first-order valence-electron chi connectivity index (χ1n) is 12.2. The number of aromatic amines is 2. The highest BCUT2D eigenvalue weighted by Gasteiger charge is 2.13. The molecule has 0 amide bonds. The smallest absolute Gasteiger partial charge is 0.333 e. The lowest BCUT2D eigenvalue weighted by Crippen LogP contribution is -2.33. The van der Waals surface area contributed by atoms with Gasteiger partial charge in [-0.1, -0.05) is 33.8 Å². The molecule has 0 atom stereocenters. The topological polar surface area (TPSA) is 127 Å². The van der Waals surface area contributed by atoms with Crippen molar-refractivity contribution >= 4 is 10.9 Å². The minimum atomic E-state index is -0.558. The number of aromatic nitrogens is 4. The molecule has 0 unspecified atom stereocenters. The first-order valence-corrected chi connectivity index (χ1v) is 12.2. The van der Waals surface area contributed by atoms with Crippen LogP contribution in [0.3, 0.4) is 0 Å². The summed E-state index contributed by atoms with van der Waals surface area (Å²) in [4.78, 5) is 41.1. The number of fused-ring (bicyclic) bond motifs is 1. The predicted molar refractivity (Wildman–Crippen MR) is 148 cm³/mol. The molecule has 0 aliphatic carbocycles. The molecule has 2 heterocycles. The highest BCUT2D eigenvalue weighted by molar-refractivity contribution is 5.83. The van der Waals surface area contributed by atoms with Gasteiger partial charge in [0.25, 0.3) is 5.56 Å². The standard InChI is InChI=1S/C25H26N4O3.C2H6.CH5N/c1-13(2)19-12-23(30)26-22-7-6-17(11-21(19)22)10-20-14(3)8-18(9-15(20)4)29-25(32)27-24(31)16(5)28-29;2*1-2/h6-9,11-13H,10H2,1-5H3,(H,26,30)(H,27,31,32);1-2H3;2H2,1H3. The van der Waals surface area contributed by atoms with Gasteiger partial charge in [0.2, 0.25) is 5.56 Å². The van der Waals surface area contributed by atoms with Gasteiger partial charge >= 0.3 is 5.69 Å². The Labute approximate surface area is 211 Å². The fourth-order valence-electron chi connectivity index (χ4n) is 4.15. The molecular weight excluding hydrogens is 454 g/mol. The van der Waals surface area contributed by atoms with E-state index in [1.54, 1.807) is 13.0 Å². The van der Waals surface area contributed by atoms with Crippen LogP contribution in [0, 0.1) is 20.8 Å². The molecule has 192 valence electrons. The lowest BCUT2D eigenvalue weighted by atomic mass is 9.93. The molecule has 0 aliphatic heterocycles. The average Bonchev–Trinajstić information content (AvgIpc) is 2.85. The summed E-state index contributed by atoms with van der Waals surface area (Å²) in [6.07, 6.45) is 0.720. The van der Waals surface area contributed by atoms with Crippen molar-refractivity contribution in [1.29, 1.82) is 0 Å². The Morgan fingerprint density at radius 1 is 0.917 bits per heavy atom. The zero-order valence-corrected chi connectivity index (χ0v) is 22.4. The number of nitrogens with zero attached hydrogens (tertiary/aromatic N) is 2. The van der Waals surface area contributed by atoms with Crippen LogP contribution in [0.25, 0.3) is 16.6 Å². The quantitative estimate of drug-likeness (QED) is 0.398. The molecule has 0 saturated carbocycles. The van der Waals surface area contributed by atoms with Crippen LogP contribution in [0.15, 0.2) is 50.8 Å². The van der Waals surface area contributed by atoms with Gasteiger partial charge in [0.15, 0.2) is 0 Å². The summed E-state index contributed by atoms with van der Waals surface area (Å²) in [5, 5.41) is 5.20. The number of nitrogens with one attached hydrogen (secondary N) is 2. The second-order valence-electron chi connectivity index (χ2n) is 8.61. The number of benzene rings is 2. The van der Waals surface area contributed by atoms with Gasteiger partial charge in [-0.3, -0.25) is 14.6 Å². The third kappa shape index (κ3) is 6.07. The van der Waals surface area contributed by atoms with Crippen LogP contribution in [0.1, 0.15) is 67.1 Å². The van der Waals surface area contributed by atoms with Crippen LogP contribution in [-0.4, -0.2) is 26.8 Å². The molecule has 4 aromatic rings. The Morgan fingerprint density at radius 2 is 1.53 bits per heavy atom. The van der Waals surface area contributed by atoms with E-state index >= 15 is 0 Å². The van der Waals surface area contributed by atoms with E-state index in [2.05, 4.69) is 40.7 Å². The van der Waals surface area contributed by atoms with Crippen molar-refractivity contribution in [2.24, 2.45) is 5.73 Å². The molecule has 0 radical (unpaired) electrons. The van der Waals surface area contributed by atoms with Crippen LogP contribution >= 0.6 is 0 Å².